The molecule has 1 aromatic rings. The number of hydrogen-bond donors (Lipinski definition) is 2. The fraction of sp³-hybridized carbons (Fsp3) is 0.111. The maximum absolute atomic E-state index is 9.04. The van der Waals surface area contributed by atoms with Crippen LogP contribution in [0, 0.1) is 0 Å². The lowest BCUT2D eigenvalue weighted by Crippen LogP contribution is -2.15. The maximum atomic E-state index is 9.04. The molecule has 2 N–H and O–H groups in total. The van der Waals surface area contributed by atoms with Crippen molar-refractivity contribution in [2.45, 2.75) is 6.04 Å². The lowest BCUT2D eigenvalue weighted by molar-refractivity contribution is 0.421. The molecule has 0 amide bonds. The average Bonchev–Trinajstić information content (AvgIpc) is 2.58. The molecule has 0 radical (unpaired) electrons. The Morgan fingerprint density at radius 3 is 3.00 bits per heavy atom. The van der Waals surface area contributed by atoms with Crippen molar-refractivity contribution in [3.8, 4) is 0 Å². The van der Waals surface area contributed by atoms with Crippen LogP contribution in [0.3, 0.4) is 0 Å². The van der Waals surface area contributed by atoms with Gasteiger partial charge in [-0.3, -0.25) is 0 Å². The number of nitrogens with one attached hydrogen (secondary N) is 1. The highest BCUT2D eigenvalue weighted by atomic mass is 32.1. The number of allylic oxidation sites excluding steroid dienone is 1. The highest BCUT2D eigenvalue weighted by molar-refractivity contribution is 7.10. The molecule has 0 fully saturated rings. The van der Waals surface area contributed by atoms with Gasteiger partial charge in [-0.1, -0.05) is 12.1 Å². The number of thiophene rings is 1. The Bertz CT molecular complexity index is 313. The Morgan fingerprint density at radius 2 is 2.42 bits per heavy atom. The van der Waals surface area contributed by atoms with E-state index < -0.39 is 0 Å². The Kier molecular flexibility index (Phi) is 1.87. The van der Waals surface area contributed by atoms with Crippen LogP contribution in [0.5, 0.6) is 0 Å². The van der Waals surface area contributed by atoms with Crippen LogP contribution in [0.25, 0.3) is 0 Å². The summed E-state index contributed by atoms with van der Waals surface area (Å²) in [7, 11) is 0. The van der Waals surface area contributed by atoms with Gasteiger partial charge in [0.05, 0.1) is 6.04 Å². The topological polar surface area (TPSA) is 32.3 Å². The Labute approximate surface area is 74.9 Å². The molecule has 0 saturated heterocycles. The van der Waals surface area contributed by atoms with E-state index >= 15 is 0 Å². The van der Waals surface area contributed by atoms with E-state index in [0.717, 1.165) is 0 Å². The molecule has 12 heavy (non-hydrogen) atoms. The van der Waals surface area contributed by atoms with Crippen LogP contribution in [0.15, 0.2) is 41.6 Å². The smallest absolute Gasteiger partial charge is 0.130 e. The largest absolute Gasteiger partial charge is 0.506 e. The number of aliphatic hydroxyl groups excluding tert-OH is 1. The zero-order valence-electron chi connectivity index (χ0n) is 6.40. The number of rotatable bonds is 1. The van der Waals surface area contributed by atoms with E-state index in [4.69, 9.17) is 5.11 Å². The van der Waals surface area contributed by atoms with Gasteiger partial charge < -0.3 is 10.4 Å². The van der Waals surface area contributed by atoms with Crippen molar-refractivity contribution in [1.29, 1.82) is 0 Å². The normalized spacial score (nSPS) is 21.7. The molecule has 1 aliphatic rings. The highest BCUT2D eigenvalue weighted by Crippen LogP contribution is 2.22. The second kappa shape index (κ2) is 3.03. The van der Waals surface area contributed by atoms with Crippen molar-refractivity contribution in [2.75, 3.05) is 0 Å². The van der Waals surface area contributed by atoms with E-state index in [1.165, 1.54) is 4.88 Å². The third-order valence-corrected chi connectivity index (χ3v) is 2.68. The first-order valence-electron chi connectivity index (χ1n) is 3.73. The molecule has 1 aromatic heterocycles. The first kappa shape index (κ1) is 7.43. The quantitative estimate of drug-likeness (QED) is 0.693. The molecule has 1 aliphatic heterocycles. The van der Waals surface area contributed by atoms with Gasteiger partial charge in [0.15, 0.2) is 0 Å². The Hall–Kier alpha value is -1.22. The molecule has 1 unspecified atom stereocenters. The molecular weight excluding hydrogens is 170 g/mol. The molecule has 62 valence electrons. The fourth-order valence-corrected chi connectivity index (χ4v) is 1.88. The van der Waals surface area contributed by atoms with Crippen LogP contribution >= 0.6 is 11.3 Å². The molecule has 2 nitrogen and oxygen atoms in total. The fourth-order valence-electron chi connectivity index (χ4n) is 1.12. The lowest BCUT2D eigenvalue weighted by Gasteiger charge is -2.14. The van der Waals surface area contributed by atoms with Crippen LogP contribution in [0.4, 0.5) is 0 Å². The van der Waals surface area contributed by atoms with Crippen LogP contribution in [-0.4, -0.2) is 5.11 Å². The highest BCUT2D eigenvalue weighted by Gasteiger charge is 2.09. The second-order valence-electron chi connectivity index (χ2n) is 2.59. The standard InChI is InChI=1S/C9H9NOS/c11-7-3-4-8(10-6-7)9-2-1-5-12-9/h1-6,8,10-11H. The van der Waals surface area contributed by atoms with E-state index in [-0.39, 0.29) is 11.8 Å². The average molecular weight is 179 g/mol. The molecule has 0 saturated carbocycles. The molecule has 2 heterocycles. The van der Waals surface area contributed by atoms with Crippen molar-refractivity contribution in [2.24, 2.45) is 0 Å². The van der Waals surface area contributed by atoms with E-state index in [1.807, 2.05) is 17.5 Å². The minimum absolute atomic E-state index is 0.223. The summed E-state index contributed by atoms with van der Waals surface area (Å²) in [5, 5.41) is 14.2. The molecule has 0 aliphatic carbocycles. The molecule has 2 rings (SSSR count). The Balaban J connectivity index is 2.15. The molecule has 0 spiro atoms. The van der Waals surface area contributed by atoms with Crippen molar-refractivity contribution in [3.05, 3.63) is 46.5 Å². The summed E-state index contributed by atoms with van der Waals surface area (Å²) in [6.07, 6.45) is 5.27. The van der Waals surface area contributed by atoms with E-state index in [0.29, 0.717) is 0 Å². The number of hydrogen-bond acceptors (Lipinski definition) is 3. The summed E-state index contributed by atoms with van der Waals surface area (Å²) >= 11 is 1.71. The van der Waals surface area contributed by atoms with Crippen LogP contribution < -0.4 is 5.32 Å². The van der Waals surface area contributed by atoms with Gasteiger partial charge in [0.1, 0.15) is 5.76 Å². The minimum Gasteiger partial charge on any atom is -0.506 e. The van der Waals surface area contributed by atoms with Gasteiger partial charge in [-0.25, -0.2) is 0 Å². The zero-order valence-corrected chi connectivity index (χ0v) is 7.21. The molecule has 3 heteroatoms. The lowest BCUT2D eigenvalue weighted by atomic mass is 10.2. The van der Waals surface area contributed by atoms with Gasteiger partial charge in [0.2, 0.25) is 0 Å². The minimum atomic E-state index is 0.223. The van der Waals surface area contributed by atoms with Gasteiger partial charge in [0, 0.05) is 11.1 Å². The predicted molar refractivity (Wildman–Crippen MR) is 50.0 cm³/mol. The van der Waals surface area contributed by atoms with Crippen molar-refractivity contribution in [1.82, 2.24) is 5.32 Å². The van der Waals surface area contributed by atoms with Gasteiger partial charge in [0.25, 0.3) is 0 Å². The third kappa shape index (κ3) is 1.36. The SMILES string of the molecule is OC1=CNC(c2cccs2)C=C1. The van der Waals surface area contributed by atoms with E-state index in [2.05, 4.69) is 11.4 Å². The van der Waals surface area contributed by atoms with Crippen LogP contribution in [0.2, 0.25) is 0 Å². The van der Waals surface area contributed by atoms with Gasteiger partial charge in [-0.2, -0.15) is 0 Å². The summed E-state index contributed by atoms with van der Waals surface area (Å²) < 4.78 is 0. The Morgan fingerprint density at radius 1 is 1.50 bits per heavy atom. The molecule has 0 aromatic carbocycles. The third-order valence-electron chi connectivity index (χ3n) is 1.72. The van der Waals surface area contributed by atoms with E-state index in [1.54, 1.807) is 23.6 Å². The molecular formula is C9H9NOS. The molecule has 0 bridgehead atoms. The van der Waals surface area contributed by atoms with Crippen LogP contribution in [-0.2, 0) is 0 Å². The van der Waals surface area contributed by atoms with Crippen LogP contribution in [0.1, 0.15) is 10.9 Å². The number of dihydropyridines is 1. The van der Waals surface area contributed by atoms with Crippen molar-refractivity contribution in [3.63, 3.8) is 0 Å². The maximum Gasteiger partial charge on any atom is 0.130 e. The van der Waals surface area contributed by atoms with Crippen molar-refractivity contribution < 1.29 is 5.11 Å². The summed E-state index contributed by atoms with van der Waals surface area (Å²) in [6.45, 7) is 0. The van der Waals surface area contributed by atoms with Gasteiger partial charge >= 0.3 is 0 Å². The second-order valence-corrected chi connectivity index (χ2v) is 3.57. The predicted octanol–water partition coefficient (Wildman–Crippen LogP) is 2.35. The molecule has 1 atom stereocenters. The zero-order chi connectivity index (χ0) is 8.39. The summed E-state index contributed by atoms with van der Waals surface area (Å²) in [6, 6.07) is 4.32. The summed E-state index contributed by atoms with van der Waals surface area (Å²) in [5.41, 5.74) is 0. The number of aliphatic hydroxyl groups is 1. The van der Waals surface area contributed by atoms with E-state index in [9.17, 15) is 0 Å². The first-order chi connectivity index (χ1) is 5.86. The summed E-state index contributed by atoms with van der Waals surface area (Å²) in [5.74, 6) is 0.280. The van der Waals surface area contributed by atoms with Gasteiger partial charge in [-0.05, 0) is 17.5 Å². The monoisotopic (exact) mass is 179 g/mol. The van der Waals surface area contributed by atoms with Gasteiger partial charge in [-0.15, -0.1) is 11.3 Å². The van der Waals surface area contributed by atoms with Crippen molar-refractivity contribution >= 4 is 11.3 Å². The first-order valence-corrected chi connectivity index (χ1v) is 4.61. The summed E-state index contributed by atoms with van der Waals surface area (Å²) in [4.78, 5) is 1.26.